The zero-order valence-corrected chi connectivity index (χ0v) is 23.4. The SMILES string of the molecule is COCCCNc1cc(CO[C@H]2CNC[C@@H](OCC[C@H](C)O)[C@@H]2c2ccc(COCC3CC3)cc2)ccc1O. The smallest absolute Gasteiger partial charge is 0.138 e. The van der Waals surface area contributed by atoms with Crippen molar-refractivity contribution < 1.29 is 29.2 Å². The minimum Gasteiger partial charge on any atom is -0.506 e. The van der Waals surface area contributed by atoms with Crippen LogP contribution >= 0.6 is 0 Å². The van der Waals surface area contributed by atoms with Gasteiger partial charge < -0.3 is 39.8 Å². The summed E-state index contributed by atoms with van der Waals surface area (Å²) >= 11 is 0. The van der Waals surface area contributed by atoms with Crippen molar-refractivity contribution in [3.63, 3.8) is 0 Å². The monoisotopic (exact) mass is 542 g/mol. The van der Waals surface area contributed by atoms with Crippen LogP contribution in [-0.4, -0.2) is 75.1 Å². The van der Waals surface area contributed by atoms with Gasteiger partial charge in [-0.1, -0.05) is 30.3 Å². The summed E-state index contributed by atoms with van der Waals surface area (Å²) in [5, 5.41) is 26.8. The van der Waals surface area contributed by atoms with Gasteiger partial charge in [-0.05, 0) is 67.3 Å². The highest BCUT2D eigenvalue weighted by atomic mass is 16.5. The van der Waals surface area contributed by atoms with Crippen molar-refractivity contribution in [3.8, 4) is 5.75 Å². The number of piperidine rings is 1. The minimum atomic E-state index is -0.395. The molecule has 0 spiro atoms. The van der Waals surface area contributed by atoms with Crippen LogP contribution in [0.3, 0.4) is 0 Å². The topological polar surface area (TPSA) is 101 Å². The van der Waals surface area contributed by atoms with Crippen LogP contribution in [0.25, 0.3) is 0 Å². The van der Waals surface area contributed by atoms with Crippen LogP contribution in [0, 0.1) is 5.92 Å². The predicted molar refractivity (Wildman–Crippen MR) is 152 cm³/mol. The second kappa shape index (κ2) is 15.6. The first-order valence-electron chi connectivity index (χ1n) is 14.4. The van der Waals surface area contributed by atoms with E-state index in [-0.39, 0.29) is 23.9 Å². The summed E-state index contributed by atoms with van der Waals surface area (Å²) < 4.78 is 23.8. The Morgan fingerprint density at radius 3 is 2.44 bits per heavy atom. The molecule has 0 bridgehead atoms. The first-order valence-corrected chi connectivity index (χ1v) is 14.4. The molecule has 4 atom stereocenters. The Labute approximate surface area is 233 Å². The molecule has 2 aliphatic rings. The number of hydrogen-bond acceptors (Lipinski definition) is 8. The molecule has 0 unspecified atom stereocenters. The number of hydrogen-bond donors (Lipinski definition) is 4. The van der Waals surface area contributed by atoms with E-state index in [9.17, 15) is 10.2 Å². The molecule has 1 saturated heterocycles. The van der Waals surface area contributed by atoms with Crippen LogP contribution < -0.4 is 10.6 Å². The largest absolute Gasteiger partial charge is 0.506 e. The molecule has 8 nitrogen and oxygen atoms in total. The van der Waals surface area contributed by atoms with E-state index in [4.69, 9.17) is 18.9 Å². The Balaban J connectivity index is 1.41. The van der Waals surface area contributed by atoms with Gasteiger partial charge in [0.1, 0.15) is 5.75 Å². The van der Waals surface area contributed by atoms with Crippen molar-refractivity contribution >= 4 is 5.69 Å². The number of phenols is 1. The third-order valence-corrected chi connectivity index (χ3v) is 7.41. The van der Waals surface area contributed by atoms with Gasteiger partial charge in [0.25, 0.3) is 0 Å². The number of benzene rings is 2. The number of aromatic hydroxyl groups is 1. The summed E-state index contributed by atoms with van der Waals surface area (Å²) in [5.41, 5.74) is 4.04. The summed E-state index contributed by atoms with van der Waals surface area (Å²) in [6, 6.07) is 14.2. The molecule has 2 aromatic rings. The molecule has 0 aromatic heterocycles. The van der Waals surface area contributed by atoms with E-state index in [0.717, 1.165) is 31.1 Å². The van der Waals surface area contributed by atoms with Crippen molar-refractivity contribution in [2.75, 3.05) is 51.9 Å². The molecule has 0 radical (unpaired) electrons. The number of anilines is 1. The lowest BCUT2D eigenvalue weighted by Gasteiger charge is -2.39. The normalized spacial score (nSPS) is 22.1. The standard InChI is InChI=1S/C31H46N2O6/c1-22(34)12-15-38-29-17-32-18-30(31(29)26-9-6-24(7-10-26)20-37-19-23-4-5-23)39-21-25-8-11-28(35)27(16-25)33-13-3-14-36-2/h6-11,16,22-23,29-35H,3-5,12-15,17-21H2,1-2H3/t22-,29+,30-,31-/m0/s1. The van der Waals surface area contributed by atoms with Gasteiger partial charge in [0.15, 0.2) is 0 Å². The molecule has 4 N–H and O–H groups in total. The van der Waals surface area contributed by atoms with E-state index >= 15 is 0 Å². The predicted octanol–water partition coefficient (Wildman–Crippen LogP) is 4.20. The molecular formula is C31H46N2O6. The maximum Gasteiger partial charge on any atom is 0.138 e. The average molecular weight is 543 g/mol. The van der Waals surface area contributed by atoms with E-state index in [0.29, 0.717) is 51.6 Å². The molecule has 216 valence electrons. The van der Waals surface area contributed by atoms with Gasteiger partial charge in [-0.2, -0.15) is 0 Å². The van der Waals surface area contributed by atoms with E-state index in [1.807, 2.05) is 12.1 Å². The zero-order chi connectivity index (χ0) is 27.5. The fourth-order valence-electron chi connectivity index (χ4n) is 4.93. The molecule has 8 heteroatoms. The molecule has 4 rings (SSSR count). The molecule has 1 aliphatic carbocycles. The highest BCUT2D eigenvalue weighted by molar-refractivity contribution is 5.57. The van der Waals surface area contributed by atoms with Gasteiger partial charge in [-0.25, -0.2) is 0 Å². The van der Waals surface area contributed by atoms with Gasteiger partial charge in [0.05, 0.1) is 37.2 Å². The van der Waals surface area contributed by atoms with E-state index in [2.05, 4.69) is 34.9 Å². The molecular weight excluding hydrogens is 496 g/mol. The summed E-state index contributed by atoms with van der Waals surface area (Å²) in [4.78, 5) is 0. The lowest BCUT2D eigenvalue weighted by atomic mass is 9.85. The Morgan fingerprint density at radius 1 is 0.974 bits per heavy atom. The molecule has 2 fully saturated rings. The number of methoxy groups -OCH3 is 1. The second-order valence-electron chi connectivity index (χ2n) is 10.9. The van der Waals surface area contributed by atoms with Crippen molar-refractivity contribution in [1.82, 2.24) is 5.32 Å². The fraction of sp³-hybridized carbons (Fsp3) is 0.613. The van der Waals surface area contributed by atoms with Crippen molar-refractivity contribution in [3.05, 3.63) is 59.2 Å². The van der Waals surface area contributed by atoms with E-state index < -0.39 is 6.10 Å². The van der Waals surface area contributed by atoms with Crippen LogP contribution in [0.5, 0.6) is 5.75 Å². The quantitative estimate of drug-likeness (QED) is 0.174. The third kappa shape index (κ3) is 9.74. The van der Waals surface area contributed by atoms with Crippen LogP contribution in [-0.2, 0) is 32.2 Å². The summed E-state index contributed by atoms with van der Waals surface area (Å²) in [6.45, 7) is 7.02. The van der Waals surface area contributed by atoms with Crippen molar-refractivity contribution in [2.24, 2.45) is 5.92 Å². The lowest BCUT2D eigenvalue weighted by molar-refractivity contribution is -0.0639. The summed E-state index contributed by atoms with van der Waals surface area (Å²) in [6.07, 6.45) is 3.48. The van der Waals surface area contributed by atoms with Gasteiger partial charge in [0, 0.05) is 52.5 Å². The number of nitrogens with one attached hydrogen (secondary N) is 2. The van der Waals surface area contributed by atoms with Gasteiger partial charge >= 0.3 is 0 Å². The maximum atomic E-state index is 10.3. The number of phenolic OH excluding ortho intramolecular Hbond substituents is 1. The number of aliphatic hydroxyl groups excluding tert-OH is 1. The highest BCUT2D eigenvalue weighted by Gasteiger charge is 2.36. The van der Waals surface area contributed by atoms with Gasteiger partial charge in [0.2, 0.25) is 0 Å². The van der Waals surface area contributed by atoms with Crippen molar-refractivity contribution in [1.29, 1.82) is 0 Å². The molecule has 39 heavy (non-hydrogen) atoms. The molecule has 1 aliphatic heterocycles. The zero-order valence-electron chi connectivity index (χ0n) is 23.4. The molecule has 0 amide bonds. The van der Waals surface area contributed by atoms with Crippen LogP contribution in [0.4, 0.5) is 5.69 Å². The molecule has 2 aromatic carbocycles. The van der Waals surface area contributed by atoms with Crippen LogP contribution in [0.2, 0.25) is 0 Å². The Morgan fingerprint density at radius 2 is 1.72 bits per heavy atom. The molecule has 1 heterocycles. The Bertz CT molecular complexity index is 982. The lowest BCUT2D eigenvalue weighted by Crippen LogP contribution is -2.50. The molecule has 1 saturated carbocycles. The Hall–Kier alpha value is -2.20. The van der Waals surface area contributed by atoms with E-state index in [1.54, 1.807) is 20.1 Å². The highest BCUT2D eigenvalue weighted by Crippen LogP contribution is 2.33. The first kappa shape index (κ1) is 29.8. The van der Waals surface area contributed by atoms with Gasteiger partial charge in [-0.3, -0.25) is 0 Å². The minimum absolute atomic E-state index is 0.0467. The number of aliphatic hydroxyl groups is 1. The number of ether oxygens (including phenoxy) is 4. The average Bonchev–Trinajstić information content (AvgIpc) is 3.76. The maximum absolute atomic E-state index is 10.3. The van der Waals surface area contributed by atoms with Crippen LogP contribution in [0.1, 0.15) is 55.2 Å². The van der Waals surface area contributed by atoms with Gasteiger partial charge in [-0.15, -0.1) is 0 Å². The number of rotatable bonds is 17. The van der Waals surface area contributed by atoms with Crippen molar-refractivity contribution in [2.45, 2.75) is 70.1 Å². The second-order valence-corrected chi connectivity index (χ2v) is 10.9. The fourth-order valence-corrected chi connectivity index (χ4v) is 4.93. The third-order valence-electron chi connectivity index (χ3n) is 7.41. The van der Waals surface area contributed by atoms with E-state index in [1.165, 1.54) is 24.0 Å². The summed E-state index contributed by atoms with van der Waals surface area (Å²) in [5.74, 6) is 1.03. The Kier molecular flexibility index (Phi) is 11.9. The summed E-state index contributed by atoms with van der Waals surface area (Å²) in [7, 11) is 1.68. The van der Waals surface area contributed by atoms with Crippen LogP contribution in [0.15, 0.2) is 42.5 Å². The first-order chi connectivity index (χ1) is 19.0.